The van der Waals surface area contributed by atoms with Gasteiger partial charge in [0.05, 0.1) is 12.2 Å². The zero-order valence-corrected chi connectivity index (χ0v) is 20.7. The van der Waals surface area contributed by atoms with Crippen molar-refractivity contribution >= 4 is 22.6 Å². The normalized spacial score (nSPS) is 12.1. The number of nitrogens with zero attached hydrogens (tertiary/aromatic N) is 3. The van der Waals surface area contributed by atoms with E-state index in [0.29, 0.717) is 25.4 Å². The van der Waals surface area contributed by atoms with Crippen LogP contribution in [0.1, 0.15) is 56.1 Å². The van der Waals surface area contributed by atoms with Crippen molar-refractivity contribution in [2.45, 2.75) is 53.2 Å². The standard InChI is InChI=1S/C26H24N4O2.C3H8/c1-3-17(2)19-4-6-24(28-13-19)18-5-7-25-21(10-18)11-23(32-25)14-29-26(31)30-15-20-8-9-27-12-22(20)16-30;1-3-2/h4-13H,2-3,14-16H2,1H3,(H,29,31);3H2,1-2H3. The van der Waals surface area contributed by atoms with Gasteiger partial charge in [-0.3, -0.25) is 9.97 Å². The third-order valence-electron chi connectivity index (χ3n) is 5.89. The number of urea groups is 1. The summed E-state index contributed by atoms with van der Waals surface area (Å²) < 4.78 is 5.92. The van der Waals surface area contributed by atoms with E-state index in [-0.39, 0.29) is 6.03 Å². The largest absolute Gasteiger partial charge is 0.459 e. The number of furan rings is 1. The lowest BCUT2D eigenvalue weighted by molar-refractivity contribution is 0.197. The molecule has 35 heavy (non-hydrogen) atoms. The Morgan fingerprint density at radius 2 is 1.86 bits per heavy atom. The monoisotopic (exact) mass is 468 g/mol. The van der Waals surface area contributed by atoms with E-state index in [9.17, 15) is 4.79 Å². The van der Waals surface area contributed by atoms with Gasteiger partial charge >= 0.3 is 6.03 Å². The molecular weight excluding hydrogens is 436 g/mol. The summed E-state index contributed by atoms with van der Waals surface area (Å²) in [6.45, 7) is 11.9. The summed E-state index contributed by atoms with van der Waals surface area (Å²) in [7, 11) is 0. The molecule has 180 valence electrons. The highest BCUT2D eigenvalue weighted by molar-refractivity contribution is 5.84. The Morgan fingerprint density at radius 3 is 2.57 bits per heavy atom. The van der Waals surface area contributed by atoms with Gasteiger partial charge in [0.2, 0.25) is 0 Å². The maximum Gasteiger partial charge on any atom is 0.318 e. The zero-order valence-electron chi connectivity index (χ0n) is 20.7. The lowest BCUT2D eigenvalue weighted by Crippen LogP contribution is -2.35. The third-order valence-corrected chi connectivity index (χ3v) is 5.89. The Labute approximate surface area is 206 Å². The zero-order chi connectivity index (χ0) is 24.8. The topological polar surface area (TPSA) is 71.3 Å². The van der Waals surface area contributed by atoms with Gasteiger partial charge in [0, 0.05) is 42.6 Å². The summed E-state index contributed by atoms with van der Waals surface area (Å²) in [6.07, 6.45) is 7.61. The minimum absolute atomic E-state index is 0.111. The number of carbonyl (C=O) groups excluding carboxylic acids is 1. The molecule has 0 radical (unpaired) electrons. The number of pyridine rings is 2. The number of benzene rings is 1. The van der Waals surface area contributed by atoms with Crippen molar-refractivity contribution in [1.82, 2.24) is 20.2 Å². The van der Waals surface area contributed by atoms with E-state index in [1.54, 1.807) is 11.1 Å². The minimum Gasteiger partial charge on any atom is -0.459 e. The second-order valence-corrected chi connectivity index (χ2v) is 8.72. The fourth-order valence-corrected chi connectivity index (χ4v) is 3.96. The molecule has 0 aliphatic carbocycles. The lowest BCUT2D eigenvalue weighted by Gasteiger charge is -2.15. The second-order valence-electron chi connectivity index (χ2n) is 8.72. The van der Waals surface area contributed by atoms with Crippen LogP contribution in [-0.4, -0.2) is 20.9 Å². The number of amides is 2. The SMILES string of the molecule is C=C(CC)c1ccc(-c2ccc3oc(CNC(=O)N4Cc5ccncc5C4)cc3c2)nc1.CCC. The average Bonchev–Trinajstić information content (AvgIpc) is 3.51. The Balaban J connectivity index is 0.000000917. The molecule has 1 N–H and O–H groups in total. The molecule has 4 heterocycles. The van der Waals surface area contributed by atoms with Crippen LogP contribution in [0.5, 0.6) is 0 Å². The fraction of sp³-hybridized carbons (Fsp3) is 0.276. The molecule has 3 aromatic heterocycles. The first-order chi connectivity index (χ1) is 17.0. The number of aromatic nitrogens is 2. The van der Waals surface area contributed by atoms with E-state index < -0.39 is 0 Å². The predicted octanol–water partition coefficient (Wildman–Crippen LogP) is 6.95. The maximum absolute atomic E-state index is 12.6. The van der Waals surface area contributed by atoms with Crippen LogP contribution in [-0.2, 0) is 19.6 Å². The Morgan fingerprint density at radius 1 is 1.06 bits per heavy atom. The first-order valence-corrected chi connectivity index (χ1v) is 12.1. The molecule has 6 heteroatoms. The summed E-state index contributed by atoms with van der Waals surface area (Å²) in [6, 6.07) is 13.9. The van der Waals surface area contributed by atoms with E-state index in [2.05, 4.69) is 54.8 Å². The first kappa shape index (κ1) is 24.2. The van der Waals surface area contributed by atoms with E-state index >= 15 is 0 Å². The van der Waals surface area contributed by atoms with Gasteiger partial charge in [-0.2, -0.15) is 0 Å². The highest BCUT2D eigenvalue weighted by atomic mass is 16.3. The van der Waals surface area contributed by atoms with Crippen LogP contribution in [0.2, 0.25) is 0 Å². The number of carbonyl (C=O) groups is 1. The number of hydrogen-bond donors (Lipinski definition) is 1. The molecule has 1 aliphatic heterocycles. The van der Waals surface area contributed by atoms with Crippen LogP contribution in [0.25, 0.3) is 27.8 Å². The maximum atomic E-state index is 12.6. The molecule has 6 nitrogen and oxygen atoms in total. The lowest BCUT2D eigenvalue weighted by atomic mass is 10.0. The highest BCUT2D eigenvalue weighted by Gasteiger charge is 2.23. The number of nitrogens with one attached hydrogen (secondary N) is 1. The summed E-state index contributed by atoms with van der Waals surface area (Å²) in [5.41, 5.74) is 7.09. The van der Waals surface area contributed by atoms with Crippen molar-refractivity contribution in [3.05, 3.63) is 90.1 Å². The molecule has 0 saturated carbocycles. The van der Waals surface area contributed by atoms with Crippen LogP contribution in [0.15, 0.2) is 72.1 Å². The fourth-order valence-electron chi connectivity index (χ4n) is 3.96. The van der Waals surface area contributed by atoms with E-state index in [4.69, 9.17) is 4.42 Å². The predicted molar refractivity (Wildman–Crippen MR) is 140 cm³/mol. The van der Waals surface area contributed by atoms with Gasteiger partial charge in [-0.15, -0.1) is 0 Å². The molecule has 0 saturated heterocycles. The smallest absolute Gasteiger partial charge is 0.318 e. The molecule has 5 rings (SSSR count). The Bertz CT molecular complexity index is 1300. The number of hydrogen-bond acceptors (Lipinski definition) is 4. The molecule has 0 atom stereocenters. The molecule has 1 aliphatic rings. The Hall–Kier alpha value is -3.93. The van der Waals surface area contributed by atoms with E-state index in [0.717, 1.165) is 50.9 Å². The number of rotatable bonds is 5. The van der Waals surface area contributed by atoms with Crippen molar-refractivity contribution in [2.75, 3.05) is 0 Å². The molecule has 1 aromatic carbocycles. The van der Waals surface area contributed by atoms with Crippen molar-refractivity contribution in [3.63, 3.8) is 0 Å². The van der Waals surface area contributed by atoms with Crippen LogP contribution < -0.4 is 5.32 Å². The minimum atomic E-state index is -0.111. The van der Waals surface area contributed by atoms with Crippen molar-refractivity contribution in [2.24, 2.45) is 0 Å². The first-order valence-electron chi connectivity index (χ1n) is 12.1. The Kier molecular flexibility index (Phi) is 7.60. The number of fused-ring (bicyclic) bond motifs is 2. The van der Waals surface area contributed by atoms with Crippen LogP contribution >= 0.6 is 0 Å². The van der Waals surface area contributed by atoms with Gasteiger partial charge in [-0.1, -0.05) is 39.8 Å². The van der Waals surface area contributed by atoms with E-state index in [1.165, 1.54) is 6.42 Å². The highest BCUT2D eigenvalue weighted by Crippen LogP contribution is 2.27. The van der Waals surface area contributed by atoms with Crippen LogP contribution in [0, 0.1) is 0 Å². The summed E-state index contributed by atoms with van der Waals surface area (Å²) in [5.74, 6) is 0.714. The van der Waals surface area contributed by atoms with Crippen molar-refractivity contribution in [3.8, 4) is 11.3 Å². The molecule has 0 unspecified atom stereocenters. The van der Waals surface area contributed by atoms with Crippen LogP contribution in [0.4, 0.5) is 4.79 Å². The summed E-state index contributed by atoms with van der Waals surface area (Å²) >= 11 is 0. The van der Waals surface area contributed by atoms with Crippen molar-refractivity contribution in [1.29, 1.82) is 0 Å². The molecule has 0 fully saturated rings. The second kappa shape index (κ2) is 11.0. The quantitative estimate of drug-likeness (QED) is 0.344. The molecule has 2 amide bonds. The molecular formula is C29H32N4O2. The van der Waals surface area contributed by atoms with Gasteiger partial charge in [0.25, 0.3) is 0 Å². The van der Waals surface area contributed by atoms with Gasteiger partial charge in [0.1, 0.15) is 11.3 Å². The molecule has 0 spiro atoms. The van der Waals surface area contributed by atoms with Gasteiger partial charge in [-0.05, 0) is 65.1 Å². The summed E-state index contributed by atoms with van der Waals surface area (Å²) in [4.78, 5) is 23.1. The van der Waals surface area contributed by atoms with Gasteiger partial charge in [-0.25, -0.2) is 4.79 Å². The van der Waals surface area contributed by atoms with Crippen molar-refractivity contribution < 1.29 is 9.21 Å². The number of allylic oxidation sites excluding steroid dienone is 1. The molecule has 0 bridgehead atoms. The van der Waals surface area contributed by atoms with Gasteiger partial charge < -0.3 is 14.6 Å². The van der Waals surface area contributed by atoms with E-state index in [1.807, 2.05) is 42.7 Å². The van der Waals surface area contributed by atoms with Gasteiger partial charge in [0.15, 0.2) is 0 Å². The summed E-state index contributed by atoms with van der Waals surface area (Å²) in [5, 5.41) is 3.94. The molecule has 4 aromatic rings. The average molecular weight is 469 g/mol. The third kappa shape index (κ3) is 5.60. The van der Waals surface area contributed by atoms with Crippen LogP contribution in [0.3, 0.4) is 0 Å².